The van der Waals surface area contributed by atoms with E-state index in [0.717, 1.165) is 21.4 Å². The van der Waals surface area contributed by atoms with Gasteiger partial charge in [-0.05, 0) is 25.6 Å². The Morgan fingerprint density at radius 1 is 1.15 bits per heavy atom. The summed E-state index contributed by atoms with van der Waals surface area (Å²) >= 11 is 1.58. The highest BCUT2D eigenvalue weighted by Gasteiger charge is 2.34. The Morgan fingerprint density at radius 2 is 1.76 bits per heavy atom. The largest absolute Gasteiger partial charge is 0.333 e. The Kier molecular flexibility index (Phi) is 20.0. The summed E-state index contributed by atoms with van der Waals surface area (Å²) in [5.41, 5.74) is 10.5. The molecule has 1 atom stereocenters. The van der Waals surface area contributed by atoms with Gasteiger partial charge >= 0.3 is 0 Å². The van der Waals surface area contributed by atoms with Crippen LogP contribution in [0.5, 0.6) is 0 Å². The van der Waals surface area contributed by atoms with Crippen LogP contribution >= 0.6 is 11.3 Å². The number of carbonyl (C=O) groups excluding carboxylic acids is 2. The number of piperazine rings is 1. The van der Waals surface area contributed by atoms with Crippen LogP contribution in [0.4, 0.5) is 0 Å². The fourth-order valence-corrected chi connectivity index (χ4v) is 3.83. The Hall–Kier alpha value is -2.29. The number of nitrogens with zero attached hydrogens (tertiary/aromatic N) is 3. The second-order valence-electron chi connectivity index (χ2n) is 6.46. The molecule has 1 aliphatic heterocycles. The second-order valence-corrected chi connectivity index (χ2v) is 7.34. The second kappa shape index (κ2) is 20.1. The summed E-state index contributed by atoms with van der Waals surface area (Å²) in [5.74, 6) is -0.165. The molecule has 1 aromatic heterocycles. The molecule has 0 aliphatic carbocycles. The Morgan fingerprint density at radius 3 is 2.32 bits per heavy atom. The van der Waals surface area contributed by atoms with Gasteiger partial charge in [-0.3, -0.25) is 15.0 Å². The number of thiazole rings is 1. The monoisotopic (exact) mass is 493 g/mol. The molecule has 1 fully saturated rings. The van der Waals surface area contributed by atoms with Gasteiger partial charge in [0.05, 0.1) is 22.3 Å². The number of carbonyl (C=O) groups is 2. The predicted octanol–water partition coefficient (Wildman–Crippen LogP) is 5.59. The van der Waals surface area contributed by atoms with Crippen molar-refractivity contribution in [1.29, 1.82) is 0 Å². The predicted molar refractivity (Wildman–Crippen MR) is 148 cm³/mol. The third-order valence-corrected chi connectivity index (χ3v) is 5.11. The van der Waals surface area contributed by atoms with Gasteiger partial charge in [-0.15, -0.1) is 11.3 Å². The van der Waals surface area contributed by atoms with Crippen LogP contribution in [0, 0.1) is 0 Å². The molecule has 2 N–H and O–H groups in total. The van der Waals surface area contributed by atoms with Crippen LogP contribution in [0.25, 0.3) is 10.2 Å². The van der Waals surface area contributed by atoms with E-state index >= 15 is 0 Å². The molecule has 0 saturated carbocycles. The minimum atomic E-state index is -0.292. The molecule has 0 bridgehead atoms. The molecule has 1 aromatic carbocycles. The first-order chi connectivity index (χ1) is 16.5. The van der Waals surface area contributed by atoms with E-state index in [1.807, 2.05) is 86.0 Å². The van der Waals surface area contributed by atoms with Crippen molar-refractivity contribution in [3.05, 3.63) is 41.4 Å². The maximum Gasteiger partial charge on any atom is 0.242 e. The van der Waals surface area contributed by atoms with E-state index < -0.39 is 0 Å². The zero-order valence-corrected chi connectivity index (χ0v) is 23.8. The molecule has 1 unspecified atom stereocenters. The lowest BCUT2D eigenvalue weighted by molar-refractivity contribution is -0.150. The maximum atomic E-state index is 12.7. The Bertz CT molecular complexity index is 837. The molecule has 7 nitrogen and oxygen atoms in total. The normalized spacial score (nSPS) is 14.3. The minimum Gasteiger partial charge on any atom is -0.333 e. The first-order valence-electron chi connectivity index (χ1n) is 12.4. The third-order valence-electron chi connectivity index (χ3n) is 4.32. The van der Waals surface area contributed by atoms with E-state index in [2.05, 4.69) is 22.4 Å². The first-order valence-corrected chi connectivity index (χ1v) is 13.3. The van der Waals surface area contributed by atoms with Crippen LogP contribution < -0.4 is 10.9 Å². The Balaban J connectivity index is 0. The lowest BCUT2D eigenvalue weighted by Crippen LogP contribution is -2.64. The van der Waals surface area contributed by atoms with E-state index in [4.69, 9.17) is 0 Å². The van der Waals surface area contributed by atoms with Gasteiger partial charge in [0.1, 0.15) is 12.7 Å². The number of rotatable bonds is 6. The zero-order chi connectivity index (χ0) is 26.7. The van der Waals surface area contributed by atoms with Gasteiger partial charge in [0.25, 0.3) is 0 Å². The van der Waals surface area contributed by atoms with Crippen LogP contribution in [-0.4, -0.2) is 52.9 Å². The number of hydrogen-bond donors (Lipinski definition) is 2. The van der Waals surface area contributed by atoms with E-state index in [1.165, 1.54) is 0 Å². The number of aromatic nitrogens is 1. The fourth-order valence-electron chi connectivity index (χ4n) is 3.11. The average molecular weight is 494 g/mol. The standard InChI is InChI=1S/C18H23N5O2S.4C2H6/c1-12(2)7-16(24)23-10-17(25)22(9-15(23)21-19-3)8-13-5-4-6-14-18(13)20-11-26-14;4*1-2/h4-6,11,15,19,21H,1,7-10H2,2-3H3;4*1-2H3. The SMILES string of the molecule is C=C(C)CC(=O)N1CC(=O)N(Cc2cccc3scnc23)CC1NNC.CC.CC.CC.CC. The molecule has 0 spiro atoms. The van der Waals surface area contributed by atoms with E-state index in [1.54, 1.807) is 28.2 Å². The number of nitrogens with one attached hydrogen (secondary N) is 2. The summed E-state index contributed by atoms with van der Waals surface area (Å²) < 4.78 is 1.11. The van der Waals surface area contributed by atoms with Crippen molar-refractivity contribution in [2.75, 3.05) is 20.1 Å². The van der Waals surface area contributed by atoms with E-state index in [0.29, 0.717) is 13.1 Å². The maximum absolute atomic E-state index is 12.7. The van der Waals surface area contributed by atoms with Crippen molar-refractivity contribution in [2.45, 2.75) is 81.4 Å². The summed E-state index contributed by atoms with van der Waals surface area (Å²) in [6, 6.07) is 6.00. The molecule has 2 aromatic rings. The van der Waals surface area contributed by atoms with Crippen molar-refractivity contribution in [3.63, 3.8) is 0 Å². The van der Waals surface area contributed by atoms with Gasteiger partial charge in [-0.2, -0.15) is 0 Å². The highest BCUT2D eigenvalue weighted by molar-refractivity contribution is 7.16. The molecule has 8 heteroatoms. The summed E-state index contributed by atoms with van der Waals surface area (Å²) in [6.07, 6.45) is -0.0491. The summed E-state index contributed by atoms with van der Waals surface area (Å²) in [6.45, 7) is 22.5. The van der Waals surface area contributed by atoms with Crippen LogP contribution in [-0.2, 0) is 16.1 Å². The van der Waals surface area contributed by atoms with E-state index in [9.17, 15) is 9.59 Å². The third kappa shape index (κ3) is 10.3. The quantitative estimate of drug-likeness (QED) is 0.405. The number of fused-ring (bicyclic) bond motifs is 1. The first kappa shape index (κ1) is 33.9. The molecule has 3 rings (SSSR count). The molecule has 1 aliphatic rings. The van der Waals surface area contributed by atoms with Gasteiger partial charge in [-0.25, -0.2) is 10.4 Å². The Labute approximate surface area is 211 Å². The highest BCUT2D eigenvalue weighted by atomic mass is 32.1. The van der Waals surface area contributed by atoms with Crippen LogP contribution in [0.15, 0.2) is 35.9 Å². The summed E-state index contributed by atoms with van der Waals surface area (Å²) in [7, 11) is 1.75. The smallest absolute Gasteiger partial charge is 0.242 e. The van der Waals surface area contributed by atoms with Crippen molar-refractivity contribution in [1.82, 2.24) is 25.6 Å². The molecule has 1 saturated heterocycles. The van der Waals surface area contributed by atoms with E-state index in [-0.39, 0.29) is 30.9 Å². The minimum absolute atomic E-state index is 0.0541. The average Bonchev–Trinajstić information content (AvgIpc) is 3.36. The van der Waals surface area contributed by atoms with Crippen LogP contribution in [0.1, 0.15) is 74.3 Å². The number of hydrogen-bond acceptors (Lipinski definition) is 6. The van der Waals surface area contributed by atoms with Crippen LogP contribution in [0.2, 0.25) is 0 Å². The van der Waals surface area contributed by atoms with Crippen molar-refractivity contribution >= 4 is 33.4 Å². The molecule has 2 heterocycles. The van der Waals surface area contributed by atoms with Gasteiger partial charge < -0.3 is 9.80 Å². The molecular weight excluding hydrogens is 446 g/mol. The van der Waals surface area contributed by atoms with Gasteiger partial charge in [0.2, 0.25) is 11.8 Å². The van der Waals surface area contributed by atoms with Gasteiger partial charge in [0.15, 0.2) is 0 Å². The van der Waals surface area contributed by atoms with Crippen molar-refractivity contribution in [3.8, 4) is 0 Å². The number of benzene rings is 1. The van der Waals surface area contributed by atoms with Crippen molar-refractivity contribution < 1.29 is 9.59 Å². The van der Waals surface area contributed by atoms with Crippen LogP contribution in [0.3, 0.4) is 0 Å². The number of para-hydroxylation sites is 1. The summed E-state index contributed by atoms with van der Waals surface area (Å²) in [5, 5.41) is 0. The fraction of sp³-hybridized carbons (Fsp3) is 0.577. The van der Waals surface area contributed by atoms with Gasteiger partial charge in [-0.1, -0.05) is 79.7 Å². The lowest BCUT2D eigenvalue weighted by Gasteiger charge is -2.41. The topological polar surface area (TPSA) is 77.6 Å². The lowest BCUT2D eigenvalue weighted by atomic mass is 10.1. The number of hydrazine groups is 1. The zero-order valence-electron chi connectivity index (χ0n) is 23.0. The van der Waals surface area contributed by atoms with Crippen molar-refractivity contribution in [2.24, 2.45) is 0 Å². The molecule has 34 heavy (non-hydrogen) atoms. The summed E-state index contributed by atoms with van der Waals surface area (Å²) in [4.78, 5) is 32.9. The van der Waals surface area contributed by atoms with Gasteiger partial charge in [0, 0.05) is 13.0 Å². The molecular formula is C26H47N5O2S. The molecule has 0 radical (unpaired) electrons. The molecule has 194 valence electrons. The number of amides is 2. The molecule has 2 amide bonds. The highest BCUT2D eigenvalue weighted by Crippen LogP contribution is 2.23.